The van der Waals surface area contributed by atoms with E-state index >= 15 is 0 Å². The number of carbonyl (C=O) groups excluding carboxylic acids is 2. The topological polar surface area (TPSA) is 131 Å². The van der Waals surface area contributed by atoms with Crippen LogP contribution in [0.3, 0.4) is 0 Å². The lowest BCUT2D eigenvalue weighted by Gasteiger charge is -2.17. The number of aromatic nitrogens is 3. The van der Waals surface area contributed by atoms with Gasteiger partial charge in [0.2, 0.25) is 11.9 Å². The van der Waals surface area contributed by atoms with E-state index in [4.69, 9.17) is 15.2 Å². The Morgan fingerprint density at radius 3 is 2.63 bits per heavy atom. The Hall–Kier alpha value is -2.95. The van der Waals surface area contributed by atoms with Crippen LogP contribution < -0.4 is 20.5 Å². The molecule has 1 unspecified atom stereocenters. The molecular weight excluding hydrogens is 374 g/mol. The molecule has 1 aromatic heterocycles. The quantitative estimate of drug-likeness (QED) is 0.502. The number of benzene rings is 1. The molecule has 1 amide bonds. The lowest BCUT2D eigenvalue weighted by molar-refractivity contribution is -0.137. The number of nitrogen functional groups attached to an aromatic ring is 1. The van der Waals surface area contributed by atoms with Gasteiger partial charge in [-0.05, 0) is 19.1 Å². The first-order chi connectivity index (χ1) is 12.9. The third-order valence-electron chi connectivity index (χ3n) is 3.67. The number of rotatable bonds is 8. The highest BCUT2D eigenvalue weighted by Crippen LogP contribution is 2.30. The van der Waals surface area contributed by atoms with Gasteiger partial charge in [0, 0.05) is 6.07 Å². The zero-order chi connectivity index (χ0) is 20.0. The van der Waals surface area contributed by atoms with E-state index in [2.05, 4.69) is 20.3 Å². The summed E-state index contributed by atoms with van der Waals surface area (Å²) in [6, 6.07) is 4.30. The SMILES string of the molecule is COC(=O)CSc1nnc(N)n1C(C)C(=O)Nc1ccc(OC)cc1OC. The Labute approximate surface area is 160 Å². The van der Waals surface area contributed by atoms with E-state index in [-0.39, 0.29) is 17.6 Å². The van der Waals surface area contributed by atoms with Crippen molar-refractivity contribution in [2.75, 3.05) is 38.1 Å². The number of nitrogens with zero attached hydrogens (tertiary/aromatic N) is 3. The minimum Gasteiger partial charge on any atom is -0.497 e. The average molecular weight is 395 g/mol. The normalized spacial score (nSPS) is 11.6. The maximum atomic E-state index is 12.7. The minimum absolute atomic E-state index is 0.0231. The van der Waals surface area contributed by atoms with Crippen LogP contribution in [0.15, 0.2) is 23.4 Å². The molecule has 0 radical (unpaired) electrons. The van der Waals surface area contributed by atoms with Gasteiger partial charge in [-0.25, -0.2) is 0 Å². The molecule has 27 heavy (non-hydrogen) atoms. The van der Waals surface area contributed by atoms with Crippen LogP contribution in [0.25, 0.3) is 0 Å². The summed E-state index contributed by atoms with van der Waals surface area (Å²) < 4.78 is 16.5. The van der Waals surface area contributed by atoms with E-state index in [0.717, 1.165) is 11.8 Å². The number of thioether (sulfide) groups is 1. The van der Waals surface area contributed by atoms with Gasteiger partial charge < -0.3 is 25.3 Å². The van der Waals surface area contributed by atoms with Crippen LogP contribution in [0.1, 0.15) is 13.0 Å². The first-order valence-electron chi connectivity index (χ1n) is 7.84. The lowest BCUT2D eigenvalue weighted by atomic mass is 10.2. The molecule has 0 spiro atoms. The Balaban J connectivity index is 2.18. The zero-order valence-corrected chi connectivity index (χ0v) is 16.2. The molecule has 0 bridgehead atoms. The van der Waals surface area contributed by atoms with Gasteiger partial charge in [0.1, 0.15) is 17.5 Å². The van der Waals surface area contributed by atoms with Gasteiger partial charge in [0.05, 0.1) is 32.8 Å². The van der Waals surface area contributed by atoms with Crippen molar-refractivity contribution >= 4 is 35.3 Å². The number of esters is 1. The summed E-state index contributed by atoms with van der Waals surface area (Å²) in [6.45, 7) is 1.65. The van der Waals surface area contributed by atoms with E-state index < -0.39 is 12.0 Å². The number of nitrogens with two attached hydrogens (primary N) is 1. The second-order valence-electron chi connectivity index (χ2n) is 5.31. The molecule has 0 aliphatic rings. The van der Waals surface area contributed by atoms with Crippen LogP contribution in [0.4, 0.5) is 11.6 Å². The van der Waals surface area contributed by atoms with Gasteiger partial charge in [0.15, 0.2) is 5.16 Å². The Kier molecular flexibility index (Phi) is 6.88. The first kappa shape index (κ1) is 20.4. The Morgan fingerprint density at radius 2 is 2.00 bits per heavy atom. The largest absolute Gasteiger partial charge is 0.497 e. The molecule has 1 atom stereocenters. The monoisotopic (exact) mass is 395 g/mol. The number of methoxy groups -OCH3 is 3. The molecule has 0 saturated heterocycles. The van der Waals surface area contributed by atoms with Crippen LogP contribution in [-0.4, -0.2) is 53.7 Å². The summed E-state index contributed by atoms with van der Waals surface area (Å²) in [5.41, 5.74) is 6.32. The van der Waals surface area contributed by atoms with Crippen molar-refractivity contribution in [3.63, 3.8) is 0 Å². The van der Waals surface area contributed by atoms with E-state index in [1.54, 1.807) is 25.1 Å². The summed E-state index contributed by atoms with van der Waals surface area (Å²) in [7, 11) is 4.32. The summed E-state index contributed by atoms with van der Waals surface area (Å²) in [4.78, 5) is 24.0. The van der Waals surface area contributed by atoms with Gasteiger partial charge in [0.25, 0.3) is 0 Å². The highest BCUT2D eigenvalue weighted by Gasteiger charge is 2.23. The minimum atomic E-state index is -0.730. The van der Waals surface area contributed by atoms with Crippen molar-refractivity contribution in [2.45, 2.75) is 18.1 Å². The Bertz CT molecular complexity index is 826. The molecule has 146 valence electrons. The highest BCUT2D eigenvalue weighted by molar-refractivity contribution is 7.99. The fourth-order valence-corrected chi connectivity index (χ4v) is 3.04. The summed E-state index contributed by atoms with van der Waals surface area (Å²) in [6.07, 6.45) is 0. The van der Waals surface area contributed by atoms with Crippen molar-refractivity contribution in [2.24, 2.45) is 0 Å². The molecule has 11 heteroatoms. The van der Waals surface area contributed by atoms with Crippen molar-refractivity contribution in [3.8, 4) is 11.5 Å². The van der Waals surface area contributed by atoms with Crippen molar-refractivity contribution in [1.29, 1.82) is 0 Å². The van der Waals surface area contributed by atoms with Crippen LogP contribution in [0.2, 0.25) is 0 Å². The molecule has 3 N–H and O–H groups in total. The number of hydrogen-bond donors (Lipinski definition) is 2. The molecule has 2 aromatic rings. The molecule has 1 aromatic carbocycles. The maximum Gasteiger partial charge on any atom is 0.316 e. The zero-order valence-electron chi connectivity index (χ0n) is 15.4. The smallest absolute Gasteiger partial charge is 0.316 e. The van der Waals surface area contributed by atoms with Gasteiger partial charge in [-0.1, -0.05) is 11.8 Å². The average Bonchev–Trinajstić information content (AvgIpc) is 3.05. The number of amides is 1. The van der Waals surface area contributed by atoms with E-state index in [9.17, 15) is 9.59 Å². The predicted octanol–water partition coefficient (Wildman–Crippen LogP) is 1.34. The van der Waals surface area contributed by atoms with Crippen LogP contribution in [0, 0.1) is 0 Å². The second kappa shape index (κ2) is 9.12. The van der Waals surface area contributed by atoms with Crippen LogP contribution >= 0.6 is 11.8 Å². The highest BCUT2D eigenvalue weighted by atomic mass is 32.2. The lowest BCUT2D eigenvalue weighted by Crippen LogP contribution is -2.25. The van der Waals surface area contributed by atoms with E-state index in [1.165, 1.54) is 25.9 Å². The molecule has 0 saturated carbocycles. The van der Waals surface area contributed by atoms with Gasteiger partial charge >= 0.3 is 5.97 Å². The summed E-state index contributed by atoms with van der Waals surface area (Å²) >= 11 is 1.08. The van der Waals surface area contributed by atoms with Crippen LogP contribution in [-0.2, 0) is 14.3 Å². The second-order valence-corrected chi connectivity index (χ2v) is 6.25. The van der Waals surface area contributed by atoms with Gasteiger partial charge in [-0.3, -0.25) is 14.2 Å². The molecule has 0 aliphatic carbocycles. The number of anilines is 2. The summed E-state index contributed by atoms with van der Waals surface area (Å²) in [5.74, 6) is 0.356. The molecule has 0 fully saturated rings. The number of ether oxygens (including phenoxy) is 3. The van der Waals surface area contributed by atoms with Crippen molar-refractivity contribution in [1.82, 2.24) is 14.8 Å². The molecule has 0 aliphatic heterocycles. The maximum absolute atomic E-state index is 12.7. The molecule has 1 heterocycles. The third-order valence-corrected chi connectivity index (χ3v) is 4.59. The van der Waals surface area contributed by atoms with Crippen molar-refractivity contribution < 1.29 is 23.8 Å². The molecule has 2 rings (SSSR count). The molecular formula is C16H21N5O5S. The van der Waals surface area contributed by atoms with Gasteiger partial charge in [-0.15, -0.1) is 10.2 Å². The van der Waals surface area contributed by atoms with E-state index in [0.29, 0.717) is 22.3 Å². The van der Waals surface area contributed by atoms with Crippen LogP contribution in [0.5, 0.6) is 11.5 Å². The summed E-state index contributed by atoms with van der Waals surface area (Å²) in [5, 5.41) is 10.8. The molecule has 10 nitrogen and oxygen atoms in total. The predicted molar refractivity (Wildman–Crippen MR) is 100 cm³/mol. The van der Waals surface area contributed by atoms with Crippen molar-refractivity contribution in [3.05, 3.63) is 18.2 Å². The fraction of sp³-hybridized carbons (Fsp3) is 0.375. The number of carbonyl (C=O) groups is 2. The Morgan fingerprint density at radius 1 is 1.26 bits per heavy atom. The number of nitrogens with one attached hydrogen (secondary N) is 1. The first-order valence-corrected chi connectivity index (χ1v) is 8.82. The third kappa shape index (κ3) is 4.82. The number of hydrogen-bond acceptors (Lipinski definition) is 9. The van der Waals surface area contributed by atoms with Gasteiger partial charge in [-0.2, -0.15) is 0 Å². The van der Waals surface area contributed by atoms with E-state index in [1.807, 2.05) is 0 Å². The standard InChI is InChI=1S/C16H21N5O5S/c1-9(21-15(17)19-20-16(21)27-8-13(22)26-4)14(23)18-11-6-5-10(24-2)7-12(11)25-3/h5-7,9H,8H2,1-4H3,(H2,17,19)(H,18,23). The fourth-order valence-electron chi connectivity index (χ4n) is 2.19.